The molecule has 2 N–H and O–H groups in total. The van der Waals surface area contributed by atoms with Gasteiger partial charge in [-0.05, 0) is 23.3 Å². The fourth-order valence-electron chi connectivity index (χ4n) is 2.46. The minimum atomic E-state index is -4.58. The Morgan fingerprint density at radius 1 is 1.16 bits per heavy atom. The first-order chi connectivity index (χ1) is 11.8. The highest BCUT2D eigenvalue weighted by atomic mass is 19.4. The van der Waals surface area contributed by atoms with Gasteiger partial charge in [0.25, 0.3) is 5.91 Å². The third-order valence-electron chi connectivity index (χ3n) is 3.64. The Labute approximate surface area is 143 Å². The molecular weight excluding hydrogens is 335 g/mol. The molecule has 0 aliphatic heterocycles. The van der Waals surface area contributed by atoms with Crippen LogP contribution < -0.4 is 5.32 Å². The van der Waals surface area contributed by atoms with Gasteiger partial charge in [-0.15, -0.1) is 0 Å². The molecule has 0 aromatic heterocycles. The summed E-state index contributed by atoms with van der Waals surface area (Å²) in [5.41, 5.74) is -0.203. The lowest BCUT2D eigenvalue weighted by atomic mass is 10.0. The Morgan fingerprint density at radius 3 is 2.48 bits per heavy atom. The van der Waals surface area contributed by atoms with Crippen LogP contribution in [0.5, 0.6) is 0 Å². The van der Waals surface area contributed by atoms with Gasteiger partial charge in [0.2, 0.25) is 0 Å². The molecule has 134 valence electrons. The van der Waals surface area contributed by atoms with Crippen LogP contribution in [0.3, 0.4) is 0 Å². The predicted molar refractivity (Wildman–Crippen MR) is 85.9 cm³/mol. The van der Waals surface area contributed by atoms with Crippen molar-refractivity contribution < 1.29 is 27.8 Å². The summed E-state index contributed by atoms with van der Waals surface area (Å²) in [6, 6.07) is 11.5. The van der Waals surface area contributed by atoms with E-state index in [1.165, 1.54) is 25.3 Å². The molecule has 0 saturated carbocycles. The third-order valence-corrected chi connectivity index (χ3v) is 3.64. The third kappa shape index (κ3) is 4.80. The molecule has 0 aliphatic rings. The topological polar surface area (TPSA) is 58.6 Å². The van der Waals surface area contributed by atoms with Gasteiger partial charge in [0.05, 0.1) is 18.3 Å². The molecule has 0 spiro atoms. The van der Waals surface area contributed by atoms with E-state index in [4.69, 9.17) is 4.74 Å². The van der Waals surface area contributed by atoms with Crippen LogP contribution in [0.4, 0.5) is 13.2 Å². The highest BCUT2D eigenvalue weighted by Gasteiger charge is 2.34. The van der Waals surface area contributed by atoms with Crippen molar-refractivity contribution in [2.24, 2.45) is 0 Å². The van der Waals surface area contributed by atoms with Crippen molar-refractivity contribution in [1.29, 1.82) is 0 Å². The molecule has 0 unspecified atom stereocenters. The van der Waals surface area contributed by atoms with Gasteiger partial charge < -0.3 is 15.2 Å². The first-order valence-electron chi connectivity index (χ1n) is 7.53. The average Bonchev–Trinajstić information content (AvgIpc) is 2.59. The molecule has 0 heterocycles. The Kier molecular flexibility index (Phi) is 6.17. The molecule has 0 fully saturated rings. The fraction of sp³-hybridized carbons (Fsp3) is 0.278. The van der Waals surface area contributed by atoms with E-state index in [9.17, 15) is 23.1 Å². The van der Waals surface area contributed by atoms with Crippen molar-refractivity contribution >= 4 is 5.91 Å². The van der Waals surface area contributed by atoms with Crippen LogP contribution >= 0.6 is 0 Å². The van der Waals surface area contributed by atoms with Gasteiger partial charge in [-0.1, -0.05) is 36.4 Å². The van der Waals surface area contributed by atoms with Gasteiger partial charge in [-0.25, -0.2) is 0 Å². The lowest BCUT2D eigenvalue weighted by molar-refractivity contribution is -0.139. The SMILES string of the molecule is COCc1ccccc1C(=O)NC[C@@H](O)c1ccccc1C(F)(F)F. The molecule has 7 heteroatoms. The summed E-state index contributed by atoms with van der Waals surface area (Å²) < 4.78 is 44.0. The van der Waals surface area contributed by atoms with Gasteiger partial charge in [-0.2, -0.15) is 13.2 Å². The van der Waals surface area contributed by atoms with E-state index in [0.29, 0.717) is 11.1 Å². The van der Waals surface area contributed by atoms with E-state index in [1.54, 1.807) is 24.3 Å². The van der Waals surface area contributed by atoms with E-state index in [0.717, 1.165) is 6.07 Å². The molecule has 4 nitrogen and oxygen atoms in total. The summed E-state index contributed by atoms with van der Waals surface area (Å²) in [4.78, 5) is 12.3. The second-order valence-electron chi connectivity index (χ2n) is 5.40. The van der Waals surface area contributed by atoms with Crippen LogP contribution in [0.1, 0.15) is 33.2 Å². The summed E-state index contributed by atoms with van der Waals surface area (Å²) in [5.74, 6) is -0.490. The van der Waals surface area contributed by atoms with Crippen LogP contribution in [0.25, 0.3) is 0 Å². The standard InChI is InChI=1S/C18H18F3NO3/c1-25-11-12-6-2-3-7-13(12)17(24)22-10-16(23)14-8-4-5-9-15(14)18(19,20)21/h2-9,16,23H,10-11H2,1H3,(H,22,24)/t16-/m1/s1. The molecule has 0 radical (unpaired) electrons. The Balaban J connectivity index is 2.11. The first-order valence-corrected chi connectivity index (χ1v) is 7.53. The van der Waals surface area contributed by atoms with E-state index in [1.807, 2.05) is 0 Å². The second kappa shape index (κ2) is 8.13. The second-order valence-corrected chi connectivity index (χ2v) is 5.40. The number of nitrogens with one attached hydrogen (secondary N) is 1. The van der Waals surface area contributed by atoms with Crippen molar-refractivity contribution in [3.63, 3.8) is 0 Å². The van der Waals surface area contributed by atoms with Crippen LogP contribution in [0.15, 0.2) is 48.5 Å². The number of carbonyl (C=O) groups is 1. The summed E-state index contributed by atoms with van der Waals surface area (Å²) in [6.07, 6.45) is -6.05. The summed E-state index contributed by atoms with van der Waals surface area (Å²) in [5, 5.41) is 12.6. The maximum atomic E-state index is 13.0. The monoisotopic (exact) mass is 353 g/mol. The molecule has 2 aromatic rings. The van der Waals surface area contributed by atoms with Crippen molar-refractivity contribution in [3.8, 4) is 0 Å². The molecule has 1 amide bonds. The van der Waals surface area contributed by atoms with Gasteiger partial charge in [0.1, 0.15) is 0 Å². The minimum absolute atomic E-state index is 0.225. The van der Waals surface area contributed by atoms with Crippen molar-refractivity contribution in [3.05, 3.63) is 70.8 Å². The highest BCUT2D eigenvalue weighted by Crippen LogP contribution is 2.34. The number of aliphatic hydroxyl groups excluding tert-OH is 1. The van der Waals surface area contributed by atoms with Crippen molar-refractivity contribution in [1.82, 2.24) is 5.32 Å². The molecule has 0 bridgehead atoms. The number of halogens is 3. The van der Waals surface area contributed by atoms with Crippen LogP contribution in [-0.2, 0) is 17.5 Å². The quantitative estimate of drug-likeness (QED) is 0.838. The molecular formula is C18H18F3NO3. The summed E-state index contributed by atoms with van der Waals surface area (Å²) in [6.45, 7) is -0.115. The smallest absolute Gasteiger partial charge is 0.387 e. The molecule has 25 heavy (non-hydrogen) atoms. The number of ether oxygens (including phenoxy) is 1. The average molecular weight is 353 g/mol. The van der Waals surface area contributed by atoms with Crippen molar-refractivity contribution in [2.45, 2.75) is 18.9 Å². The van der Waals surface area contributed by atoms with Gasteiger partial charge in [0, 0.05) is 19.2 Å². The Bertz CT molecular complexity index is 732. The molecule has 2 aromatic carbocycles. The minimum Gasteiger partial charge on any atom is -0.387 e. The number of benzene rings is 2. The molecule has 1 atom stereocenters. The number of aliphatic hydroxyl groups is 1. The fourth-order valence-corrected chi connectivity index (χ4v) is 2.46. The summed E-state index contributed by atoms with van der Waals surface area (Å²) in [7, 11) is 1.49. The lowest BCUT2D eigenvalue weighted by Crippen LogP contribution is -2.30. The Hall–Kier alpha value is -2.38. The van der Waals surface area contributed by atoms with Crippen LogP contribution in [0, 0.1) is 0 Å². The van der Waals surface area contributed by atoms with E-state index in [2.05, 4.69) is 5.32 Å². The first kappa shape index (κ1) is 19.0. The van der Waals surface area contributed by atoms with E-state index in [-0.39, 0.29) is 18.7 Å². The van der Waals surface area contributed by atoms with E-state index < -0.39 is 23.8 Å². The molecule has 0 aliphatic carbocycles. The predicted octanol–water partition coefficient (Wildman–Crippen LogP) is 3.32. The molecule has 0 saturated heterocycles. The highest BCUT2D eigenvalue weighted by molar-refractivity contribution is 5.95. The zero-order valence-electron chi connectivity index (χ0n) is 13.5. The lowest BCUT2D eigenvalue weighted by Gasteiger charge is -2.18. The van der Waals surface area contributed by atoms with Crippen LogP contribution in [0.2, 0.25) is 0 Å². The maximum Gasteiger partial charge on any atom is 0.416 e. The molecule has 2 rings (SSSR count). The number of hydrogen-bond acceptors (Lipinski definition) is 3. The number of carbonyl (C=O) groups excluding carboxylic acids is 1. The van der Waals surface area contributed by atoms with Gasteiger partial charge >= 0.3 is 6.18 Å². The number of rotatable bonds is 6. The van der Waals surface area contributed by atoms with Crippen molar-refractivity contribution in [2.75, 3.05) is 13.7 Å². The Morgan fingerprint density at radius 2 is 1.80 bits per heavy atom. The van der Waals surface area contributed by atoms with Gasteiger partial charge in [-0.3, -0.25) is 4.79 Å². The number of methoxy groups -OCH3 is 1. The van der Waals surface area contributed by atoms with Gasteiger partial charge in [0.15, 0.2) is 0 Å². The number of alkyl halides is 3. The largest absolute Gasteiger partial charge is 0.416 e. The number of amides is 1. The maximum absolute atomic E-state index is 13.0. The van der Waals surface area contributed by atoms with Crippen LogP contribution in [-0.4, -0.2) is 24.7 Å². The zero-order valence-corrected chi connectivity index (χ0v) is 13.5. The van der Waals surface area contributed by atoms with E-state index >= 15 is 0 Å². The number of hydrogen-bond donors (Lipinski definition) is 2. The summed E-state index contributed by atoms with van der Waals surface area (Å²) >= 11 is 0. The zero-order chi connectivity index (χ0) is 18.4. The normalized spacial score (nSPS) is 12.7.